The molecule has 13 heavy (non-hydrogen) atoms. The first-order valence-corrected chi connectivity index (χ1v) is 3.83. The standard InChI is InChI=1S/C7H14N2O4/c1-4(12)6(8)7(13)9-5(2-10)3-11/h2,4-6,11-12H,3,8H2,1H3,(H,9,13)/t4-,5-,6+/m0/s1. The monoisotopic (exact) mass is 190 g/mol. The SMILES string of the molecule is C[C@H](O)[C@@H](N)C(=O)N[C@@H](C=O)CO. The molecule has 0 saturated carbocycles. The Kier molecular flexibility index (Phi) is 5.20. The molecule has 6 heteroatoms. The summed E-state index contributed by atoms with van der Waals surface area (Å²) in [5.74, 6) is -0.666. The molecule has 6 nitrogen and oxygen atoms in total. The zero-order valence-corrected chi connectivity index (χ0v) is 7.30. The van der Waals surface area contributed by atoms with Crippen LogP contribution in [0.4, 0.5) is 0 Å². The lowest BCUT2D eigenvalue weighted by Crippen LogP contribution is -2.51. The van der Waals surface area contributed by atoms with E-state index < -0.39 is 30.7 Å². The predicted octanol–water partition coefficient (Wildman–Crippen LogP) is -2.63. The van der Waals surface area contributed by atoms with Gasteiger partial charge in [-0.25, -0.2) is 0 Å². The maximum Gasteiger partial charge on any atom is 0.240 e. The second-order valence-corrected chi connectivity index (χ2v) is 2.70. The van der Waals surface area contributed by atoms with Gasteiger partial charge in [0.1, 0.15) is 18.4 Å². The first-order chi connectivity index (χ1) is 6.02. The largest absolute Gasteiger partial charge is 0.394 e. The van der Waals surface area contributed by atoms with Gasteiger partial charge < -0.3 is 26.1 Å². The number of hydrogen-bond acceptors (Lipinski definition) is 5. The molecule has 3 atom stereocenters. The molecule has 0 heterocycles. The van der Waals surface area contributed by atoms with E-state index in [0.717, 1.165) is 0 Å². The molecule has 0 saturated heterocycles. The van der Waals surface area contributed by atoms with Crippen molar-refractivity contribution < 1.29 is 19.8 Å². The van der Waals surface area contributed by atoms with Crippen molar-refractivity contribution in [1.29, 1.82) is 0 Å². The van der Waals surface area contributed by atoms with Gasteiger partial charge in [0.05, 0.1) is 12.7 Å². The van der Waals surface area contributed by atoms with Gasteiger partial charge in [-0.1, -0.05) is 0 Å². The number of nitrogens with one attached hydrogen (secondary N) is 1. The highest BCUT2D eigenvalue weighted by atomic mass is 16.3. The van der Waals surface area contributed by atoms with Gasteiger partial charge in [-0.05, 0) is 6.92 Å². The van der Waals surface area contributed by atoms with Crippen molar-refractivity contribution in [2.75, 3.05) is 6.61 Å². The van der Waals surface area contributed by atoms with E-state index in [0.29, 0.717) is 6.29 Å². The molecule has 0 aliphatic heterocycles. The Morgan fingerprint density at radius 3 is 2.54 bits per heavy atom. The maximum absolute atomic E-state index is 11.0. The summed E-state index contributed by atoms with van der Waals surface area (Å²) in [6.07, 6.45) is -0.599. The minimum atomic E-state index is -1.09. The summed E-state index contributed by atoms with van der Waals surface area (Å²) < 4.78 is 0. The van der Waals surface area contributed by atoms with Gasteiger partial charge in [-0.3, -0.25) is 4.79 Å². The average Bonchev–Trinajstić information content (AvgIpc) is 2.12. The number of aliphatic hydroxyl groups excluding tert-OH is 2. The number of carbonyl (C=O) groups excluding carboxylic acids is 2. The second-order valence-electron chi connectivity index (χ2n) is 2.70. The van der Waals surface area contributed by atoms with Crippen LogP contribution in [0.2, 0.25) is 0 Å². The second kappa shape index (κ2) is 5.63. The van der Waals surface area contributed by atoms with E-state index in [1.165, 1.54) is 6.92 Å². The van der Waals surface area contributed by atoms with Crippen molar-refractivity contribution in [3.8, 4) is 0 Å². The summed E-state index contributed by atoms with van der Waals surface area (Å²) in [6, 6.07) is -2.05. The van der Waals surface area contributed by atoms with Crippen molar-refractivity contribution in [2.24, 2.45) is 5.73 Å². The van der Waals surface area contributed by atoms with E-state index in [-0.39, 0.29) is 0 Å². The summed E-state index contributed by atoms with van der Waals surface area (Å²) >= 11 is 0. The summed E-state index contributed by atoms with van der Waals surface area (Å²) in [6.45, 7) is 0.876. The fourth-order valence-corrected chi connectivity index (χ4v) is 0.621. The van der Waals surface area contributed by atoms with E-state index in [1.54, 1.807) is 0 Å². The molecule has 76 valence electrons. The Bertz CT molecular complexity index is 183. The quantitative estimate of drug-likeness (QED) is 0.354. The zero-order chi connectivity index (χ0) is 10.4. The summed E-state index contributed by atoms with van der Waals surface area (Å²) in [7, 11) is 0. The molecule has 0 aromatic rings. The minimum absolute atomic E-state index is 0.395. The Balaban J connectivity index is 4.05. The van der Waals surface area contributed by atoms with Crippen molar-refractivity contribution >= 4 is 12.2 Å². The Morgan fingerprint density at radius 1 is 1.69 bits per heavy atom. The van der Waals surface area contributed by atoms with Gasteiger partial charge in [0.25, 0.3) is 0 Å². The highest BCUT2D eigenvalue weighted by Gasteiger charge is 2.20. The lowest BCUT2D eigenvalue weighted by molar-refractivity contribution is -0.127. The predicted molar refractivity (Wildman–Crippen MR) is 44.7 cm³/mol. The molecule has 0 unspecified atom stereocenters. The molecule has 0 rings (SSSR count). The van der Waals surface area contributed by atoms with Crippen molar-refractivity contribution in [2.45, 2.75) is 25.1 Å². The normalized spacial score (nSPS) is 17.2. The molecule has 0 aromatic heterocycles. The average molecular weight is 190 g/mol. The van der Waals surface area contributed by atoms with E-state index in [9.17, 15) is 9.59 Å². The van der Waals surface area contributed by atoms with E-state index in [4.69, 9.17) is 15.9 Å². The maximum atomic E-state index is 11.0. The molecule has 0 bridgehead atoms. The molecule has 0 aromatic carbocycles. The van der Waals surface area contributed by atoms with Crippen LogP contribution in [-0.4, -0.2) is 47.2 Å². The third-order valence-corrected chi connectivity index (χ3v) is 1.51. The fraction of sp³-hybridized carbons (Fsp3) is 0.714. The Labute approximate surface area is 75.7 Å². The number of aldehydes is 1. The number of aliphatic hydroxyl groups is 2. The van der Waals surface area contributed by atoms with Crippen molar-refractivity contribution in [3.63, 3.8) is 0 Å². The fourth-order valence-electron chi connectivity index (χ4n) is 0.621. The van der Waals surface area contributed by atoms with Gasteiger partial charge in [-0.2, -0.15) is 0 Å². The summed E-state index contributed by atoms with van der Waals surface area (Å²) in [5.41, 5.74) is 5.26. The number of carbonyl (C=O) groups is 2. The van der Waals surface area contributed by atoms with Crippen LogP contribution in [0.15, 0.2) is 0 Å². The smallest absolute Gasteiger partial charge is 0.240 e. The van der Waals surface area contributed by atoms with Crippen molar-refractivity contribution in [1.82, 2.24) is 5.32 Å². The van der Waals surface area contributed by atoms with E-state index >= 15 is 0 Å². The van der Waals surface area contributed by atoms with Gasteiger partial charge in [0, 0.05) is 0 Å². The van der Waals surface area contributed by atoms with Crippen LogP contribution in [-0.2, 0) is 9.59 Å². The van der Waals surface area contributed by atoms with Crippen LogP contribution in [0.1, 0.15) is 6.92 Å². The van der Waals surface area contributed by atoms with E-state index in [2.05, 4.69) is 5.32 Å². The van der Waals surface area contributed by atoms with Crippen LogP contribution in [0.5, 0.6) is 0 Å². The lowest BCUT2D eigenvalue weighted by Gasteiger charge is -2.16. The van der Waals surface area contributed by atoms with Crippen LogP contribution in [0.3, 0.4) is 0 Å². The van der Waals surface area contributed by atoms with Crippen LogP contribution >= 0.6 is 0 Å². The minimum Gasteiger partial charge on any atom is -0.394 e. The van der Waals surface area contributed by atoms with Crippen LogP contribution < -0.4 is 11.1 Å². The summed E-state index contributed by atoms with van der Waals surface area (Å²) in [4.78, 5) is 21.2. The lowest BCUT2D eigenvalue weighted by atomic mass is 10.2. The van der Waals surface area contributed by atoms with Crippen LogP contribution in [0, 0.1) is 0 Å². The molecular formula is C7H14N2O4. The third-order valence-electron chi connectivity index (χ3n) is 1.51. The number of hydrogen-bond donors (Lipinski definition) is 4. The Morgan fingerprint density at radius 2 is 2.23 bits per heavy atom. The first kappa shape index (κ1) is 12.0. The molecule has 5 N–H and O–H groups in total. The Hall–Kier alpha value is -0.980. The number of amides is 1. The highest BCUT2D eigenvalue weighted by molar-refractivity contribution is 5.84. The third kappa shape index (κ3) is 3.97. The number of rotatable bonds is 5. The van der Waals surface area contributed by atoms with Gasteiger partial charge in [-0.15, -0.1) is 0 Å². The molecular weight excluding hydrogens is 176 g/mol. The molecule has 0 radical (unpaired) electrons. The zero-order valence-electron chi connectivity index (χ0n) is 7.30. The molecule has 0 fully saturated rings. The van der Waals surface area contributed by atoms with Gasteiger partial charge >= 0.3 is 0 Å². The summed E-state index contributed by atoms with van der Waals surface area (Å²) in [5, 5.41) is 19.6. The number of nitrogens with two attached hydrogens (primary N) is 1. The first-order valence-electron chi connectivity index (χ1n) is 3.83. The highest BCUT2D eigenvalue weighted by Crippen LogP contribution is 1.89. The van der Waals surface area contributed by atoms with Crippen LogP contribution in [0.25, 0.3) is 0 Å². The molecule has 0 aliphatic carbocycles. The molecule has 0 aliphatic rings. The molecule has 0 spiro atoms. The topological polar surface area (TPSA) is 113 Å². The molecule has 1 amide bonds. The van der Waals surface area contributed by atoms with Crippen molar-refractivity contribution in [3.05, 3.63) is 0 Å². The van der Waals surface area contributed by atoms with E-state index in [1.807, 2.05) is 0 Å². The van der Waals surface area contributed by atoms with Gasteiger partial charge in [0.15, 0.2) is 0 Å². The van der Waals surface area contributed by atoms with Gasteiger partial charge in [0.2, 0.25) is 5.91 Å².